The zero-order valence-electron chi connectivity index (χ0n) is 16.9. The smallest absolute Gasteiger partial charge is 0.259 e. The Morgan fingerprint density at radius 3 is 2.57 bits per heavy atom. The highest BCUT2D eigenvalue weighted by Gasteiger charge is 2.10. The van der Waals surface area contributed by atoms with Gasteiger partial charge in [-0.3, -0.25) is 9.59 Å². The average Bonchev–Trinajstić information content (AvgIpc) is 2.78. The molecule has 0 saturated carbocycles. The Morgan fingerprint density at radius 2 is 1.77 bits per heavy atom. The second-order valence-electron chi connectivity index (χ2n) is 6.77. The minimum atomic E-state index is -0.403. The first-order valence-electron chi connectivity index (χ1n) is 9.98. The molecule has 2 N–H and O–H groups in total. The Bertz CT molecular complexity index is 1020. The number of ether oxygens (including phenoxy) is 1. The third-order valence-electron chi connectivity index (χ3n) is 4.49. The van der Waals surface area contributed by atoms with Gasteiger partial charge in [0.2, 0.25) is 0 Å². The Kier molecular flexibility index (Phi) is 7.55. The van der Waals surface area contributed by atoms with E-state index in [1.165, 1.54) is 0 Å². The van der Waals surface area contributed by atoms with E-state index in [0.29, 0.717) is 12.2 Å². The molecular formula is C24H25N3O3. The maximum atomic E-state index is 12.4. The van der Waals surface area contributed by atoms with Crippen LogP contribution in [0.3, 0.4) is 0 Å². The predicted octanol–water partition coefficient (Wildman–Crippen LogP) is 3.90. The van der Waals surface area contributed by atoms with Crippen molar-refractivity contribution in [2.24, 2.45) is 5.10 Å². The van der Waals surface area contributed by atoms with Crippen LogP contribution < -0.4 is 15.5 Å². The van der Waals surface area contributed by atoms with E-state index in [1.54, 1.807) is 12.3 Å². The van der Waals surface area contributed by atoms with Crippen LogP contribution >= 0.6 is 0 Å². The van der Waals surface area contributed by atoms with Gasteiger partial charge in [0, 0.05) is 5.56 Å². The van der Waals surface area contributed by atoms with Crippen LogP contribution in [-0.2, 0) is 4.79 Å². The van der Waals surface area contributed by atoms with Crippen molar-refractivity contribution in [3.63, 3.8) is 0 Å². The summed E-state index contributed by atoms with van der Waals surface area (Å²) in [5.74, 6) is 0.102. The molecule has 3 rings (SSSR count). The summed E-state index contributed by atoms with van der Waals surface area (Å²) in [6, 6.07) is 20.6. The van der Waals surface area contributed by atoms with E-state index in [2.05, 4.69) is 22.8 Å². The summed E-state index contributed by atoms with van der Waals surface area (Å²) in [7, 11) is 0. The molecule has 0 saturated heterocycles. The summed E-state index contributed by atoms with van der Waals surface area (Å²) >= 11 is 0. The van der Waals surface area contributed by atoms with Gasteiger partial charge in [0.15, 0.2) is 0 Å². The van der Waals surface area contributed by atoms with Gasteiger partial charge < -0.3 is 10.1 Å². The largest absolute Gasteiger partial charge is 0.494 e. The first kappa shape index (κ1) is 21.0. The topological polar surface area (TPSA) is 79.8 Å². The molecule has 0 atom stereocenters. The average molecular weight is 403 g/mol. The lowest BCUT2D eigenvalue weighted by Gasteiger charge is -2.07. The minimum absolute atomic E-state index is 0.163. The van der Waals surface area contributed by atoms with Gasteiger partial charge in [-0.1, -0.05) is 49.7 Å². The van der Waals surface area contributed by atoms with E-state index in [9.17, 15) is 9.59 Å². The second kappa shape index (κ2) is 10.8. The van der Waals surface area contributed by atoms with Crippen molar-refractivity contribution in [3.8, 4) is 5.75 Å². The van der Waals surface area contributed by atoms with E-state index in [-0.39, 0.29) is 12.5 Å². The van der Waals surface area contributed by atoms with Crippen molar-refractivity contribution in [1.29, 1.82) is 0 Å². The van der Waals surface area contributed by atoms with Crippen LogP contribution in [0.5, 0.6) is 5.75 Å². The zero-order valence-corrected chi connectivity index (χ0v) is 16.9. The van der Waals surface area contributed by atoms with Crippen molar-refractivity contribution in [1.82, 2.24) is 10.7 Å². The number of carbonyl (C=O) groups is 2. The van der Waals surface area contributed by atoms with E-state index in [0.717, 1.165) is 34.9 Å². The van der Waals surface area contributed by atoms with Crippen LogP contribution in [-0.4, -0.2) is 31.2 Å². The summed E-state index contributed by atoms with van der Waals surface area (Å²) < 4.78 is 5.61. The highest BCUT2D eigenvalue weighted by Crippen LogP contribution is 2.18. The molecule has 30 heavy (non-hydrogen) atoms. The molecule has 0 aliphatic rings. The summed E-state index contributed by atoms with van der Waals surface area (Å²) in [5, 5.41) is 8.38. The predicted molar refractivity (Wildman–Crippen MR) is 119 cm³/mol. The SMILES string of the molecule is CCCCOc1ccc(C=NNC(=O)CNC(=O)c2cccc3ccccc23)cc1. The molecule has 3 aromatic carbocycles. The van der Waals surface area contributed by atoms with Gasteiger partial charge in [-0.15, -0.1) is 0 Å². The normalized spacial score (nSPS) is 10.8. The number of benzene rings is 3. The number of hydrogen-bond acceptors (Lipinski definition) is 4. The molecule has 0 radical (unpaired) electrons. The van der Waals surface area contributed by atoms with Crippen LogP contribution in [0.25, 0.3) is 10.8 Å². The molecule has 0 aliphatic heterocycles. The fourth-order valence-corrected chi connectivity index (χ4v) is 2.88. The monoisotopic (exact) mass is 403 g/mol. The first-order valence-corrected chi connectivity index (χ1v) is 9.98. The van der Waals surface area contributed by atoms with Crippen LogP contribution in [0.4, 0.5) is 0 Å². The molecule has 2 amide bonds. The third-order valence-corrected chi connectivity index (χ3v) is 4.49. The number of unbranched alkanes of at least 4 members (excludes halogenated alkanes) is 1. The zero-order chi connectivity index (χ0) is 21.2. The molecule has 0 heterocycles. The number of hydrazone groups is 1. The fourth-order valence-electron chi connectivity index (χ4n) is 2.88. The Hall–Kier alpha value is -3.67. The standard InChI is InChI=1S/C24H25N3O3/c1-2-3-15-30-20-13-11-18(12-14-20)16-26-27-23(28)17-25-24(29)22-10-6-8-19-7-4-5-9-21(19)22/h4-14,16H,2-3,15,17H2,1H3,(H,25,29)(H,27,28). The first-order chi connectivity index (χ1) is 14.7. The van der Waals surface area contributed by atoms with Gasteiger partial charge in [0.1, 0.15) is 5.75 Å². The van der Waals surface area contributed by atoms with Crippen LogP contribution in [0.15, 0.2) is 71.8 Å². The van der Waals surface area contributed by atoms with Crippen molar-refractivity contribution in [2.75, 3.05) is 13.2 Å². The fraction of sp³-hybridized carbons (Fsp3) is 0.208. The van der Waals surface area contributed by atoms with Gasteiger partial charge in [-0.25, -0.2) is 5.43 Å². The number of hydrogen-bond donors (Lipinski definition) is 2. The number of rotatable bonds is 9. The lowest BCUT2D eigenvalue weighted by Crippen LogP contribution is -2.35. The molecule has 154 valence electrons. The lowest BCUT2D eigenvalue weighted by atomic mass is 10.0. The Morgan fingerprint density at radius 1 is 1.00 bits per heavy atom. The van der Waals surface area contributed by atoms with E-state index >= 15 is 0 Å². The number of carbonyl (C=O) groups excluding carboxylic acids is 2. The van der Waals surface area contributed by atoms with E-state index in [1.807, 2.05) is 60.7 Å². The summed E-state index contributed by atoms with van der Waals surface area (Å²) in [5.41, 5.74) is 3.78. The van der Waals surface area contributed by atoms with Crippen molar-refractivity contribution in [3.05, 3.63) is 77.9 Å². The molecule has 6 nitrogen and oxygen atoms in total. The molecular weight excluding hydrogens is 378 g/mol. The molecule has 3 aromatic rings. The quantitative estimate of drug-likeness (QED) is 0.323. The molecule has 0 unspecified atom stereocenters. The van der Waals surface area contributed by atoms with Crippen LogP contribution in [0, 0.1) is 0 Å². The minimum Gasteiger partial charge on any atom is -0.494 e. The maximum Gasteiger partial charge on any atom is 0.259 e. The summed E-state index contributed by atoms with van der Waals surface area (Å²) in [6.07, 6.45) is 3.65. The Balaban J connectivity index is 1.47. The number of fused-ring (bicyclic) bond motifs is 1. The molecule has 6 heteroatoms. The van der Waals surface area contributed by atoms with Gasteiger partial charge in [0.25, 0.3) is 11.8 Å². The summed E-state index contributed by atoms with van der Waals surface area (Å²) in [6.45, 7) is 2.65. The van der Waals surface area contributed by atoms with E-state index < -0.39 is 5.91 Å². The van der Waals surface area contributed by atoms with Gasteiger partial charge >= 0.3 is 0 Å². The second-order valence-corrected chi connectivity index (χ2v) is 6.77. The molecule has 0 aliphatic carbocycles. The maximum absolute atomic E-state index is 12.4. The highest BCUT2D eigenvalue weighted by molar-refractivity contribution is 6.07. The lowest BCUT2D eigenvalue weighted by molar-refractivity contribution is -0.120. The molecule has 0 fully saturated rings. The Labute approximate surface area is 175 Å². The third kappa shape index (κ3) is 5.91. The van der Waals surface area contributed by atoms with Crippen molar-refractivity contribution >= 4 is 28.8 Å². The molecule has 0 bridgehead atoms. The van der Waals surface area contributed by atoms with Crippen LogP contribution in [0.2, 0.25) is 0 Å². The van der Waals surface area contributed by atoms with Crippen molar-refractivity contribution in [2.45, 2.75) is 19.8 Å². The number of nitrogens with zero attached hydrogens (tertiary/aromatic N) is 1. The molecule has 0 aromatic heterocycles. The van der Waals surface area contributed by atoms with E-state index in [4.69, 9.17) is 4.74 Å². The number of nitrogens with one attached hydrogen (secondary N) is 2. The van der Waals surface area contributed by atoms with Gasteiger partial charge in [-0.2, -0.15) is 5.10 Å². The van der Waals surface area contributed by atoms with Gasteiger partial charge in [0.05, 0.1) is 19.4 Å². The van der Waals surface area contributed by atoms with Gasteiger partial charge in [-0.05, 0) is 53.1 Å². The summed E-state index contributed by atoms with van der Waals surface area (Å²) in [4.78, 5) is 24.4. The van der Waals surface area contributed by atoms with Crippen molar-refractivity contribution < 1.29 is 14.3 Å². The van der Waals surface area contributed by atoms with Crippen LogP contribution in [0.1, 0.15) is 35.7 Å². The number of amides is 2. The molecule has 0 spiro atoms. The highest BCUT2D eigenvalue weighted by atomic mass is 16.5.